The van der Waals surface area contributed by atoms with Crippen LogP contribution >= 0.6 is 0 Å². The summed E-state index contributed by atoms with van der Waals surface area (Å²) in [5.74, 6) is 0. The first-order valence-electron chi connectivity index (χ1n) is 6.00. The van der Waals surface area contributed by atoms with Gasteiger partial charge in [-0.15, -0.1) is 0 Å². The molecule has 1 heterocycles. The van der Waals surface area contributed by atoms with Crippen molar-refractivity contribution in [2.75, 3.05) is 13.1 Å². The van der Waals surface area contributed by atoms with E-state index in [1.807, 2.05) is 0 Å². The Kier molecular flexibility index (Phi) is 4.39. The molecule has 2 unspecified atom stereocenters. The van der Waals surface area contributed by atoms with E-state index >= 15 is 0 Å². The van der Waals surface area contributed by atoms with E-state index < -0.39 is 0 Å². The molecule has 84 valence electrons. The summed E-state index contributed by atoms with van der Waals surface area (Å²) in [6.45, 7) is 11.5. The summed E-state index contributed by atoms with van der Waals surface area (Å²) in [7, 11) is 0. The van der Waals surface area contributed by atoms with Gasteiger partial charge in [0.25, 0.3) is 0 Å². The van der Waals surface area contributed by atoms with E-state index in [9.17, 15) is 0 Å². The van der Waals surface area contributed by atoms with Crippen LogP contribution in [0.25, 0.3) is 0 Å². The third-order valence-electron chi connectivity index (χ3n) is 3.45. The van der Waals surface area contributed by atoms with Gasteiger partial charge in [-0.1, -0.05) is 20.8 Å². The molecule has 0 aliphatic carbocycles. The molecule has 0 aromatic rings. The lowest BCUT2D eigenvalue weighted by molar-refractivity contribution is 0.268. The zero-order valence-electron chi connectivity index (χ0n) is 10.2. The van der Waals surface area contributed by atoms with Gasteiger partial charge in [-0.2, -0.15) is 0 Å². The molecule has 0 radical (unpaired) electrons. The predicted octanol–water partition coefficient (Wildman–Crippen LogP) is 2.15. The maximum atomic E-state index is 3.70. The minimum atomic E-state index is 0.452. The van der Waals surface area contributed by atoms with Crippen LogP contribution in [0.2, 0.25) is 0 Å². The fraction of sp³-hybridized carbons (Fsp3) is 1.00. The van der Waals surface area contributed by atoms with E-state index in [-0.39, 0.29) is 0 Å². The minimum Gasteiger partial charge on any atom is -0.314 e. The Morgan fingerprint density at radius 3 is 2.71 bits per heavy atom. The Morgan fingerprint density at radius 1 is 1.43 bits per heavy atom. The molecule has 0 aromatic carbocycles. The van der Waals surface area contributed by atoms with Crippen molar-refractivity contribution in [2.24, 2.45) is 5.41 Å². The number of hydrogen-bond acceptors (Lipinski definition) is 2. The second-order valence-electron chi connectivity index (χ2n) is 5.48. The molecule has 1 rings (SSSR count). The Labute approximate surface area is 88.8 Å². The van der Waals surface area contributed by atoms with Crippen molar-refractivity contribution in [1.29, 1.82) is 0 Å². The first kappa shape index (κ1) is 12.0. The average Bonchev–Trinajstić information content (AvgIpc) is 2.15. The zero-order valence-corrected chi connectivity index (χ0v) is 10.2. The molecule has 2 nitrogen and oxygen atoms in total. The van der Waals surface area contributed by atoms with Crippen LogP contribution in [0.5, 0.6) is 0 Å². The van der Waals surface area contributed by atoms with Crippen LogP contribution in [-0.4, -0.2) is 25.2 Å². The fourth-order valence-electron chi connectivity index (χ4n) is 1.86. The maximum absolute atomic E-state index is 3.70. The first-order chi connectivity index (χ1) is 6.53. The van der Waals surface area contributed by atoms with Crippen molar-refractivity contribution >= 4 is 0 Å². The summed E-state index contributed by atoms with van der Waals surface area (Å²) < 4.78 is 0. The summed E-state index contributed by atoms with van der Waals surface area (Å²) in [6.07, 6.45) is 3.81. The van der Waals surface area contributed by atoms with Gasteiger partial charge < -0.3 is 10.6 Å². The first-order valence-corrected chi connectivity index (χ1v) is 6.00. The molecule has 0 saturated carbocycles. The van der Waals surface area contributed by atoms with Crippen LogP contribution in [0.4, 0.5) is 0 Å². The lowest BCUT2D eigenvalue weighted by Crippen LogP contribution is -2.46. The summed E-state index contributed by atoms with van der Waals surface area (Å²) in [5.41, 5.74) is 0.452. The normalized spacial score (nSPS) is 29.1. The smallest absolute Gasteiger partial charge is 0.00940 e. The van der Waals surface area contributed by atoms with Crippen LogP contribution in [0.1, 0.15) is 47.0 Å². The van der Waals surface area contributed by atoms with Gasteiger partial charge in [0, 0.05) is 18.6 Å². The van der Waals surface area contributed by atoms with Gasteiger partial charge in [-0.3, -0.25) is 0 Å². The monoisotopic (exact) mass is 198 g/mol. The molecule has 2 heteroatoms. The summed E-state index contributed by atoms with van der Waals surface area (Å²) in [6, 6.07) is 1.42. The van der Waals surface area contributed by atoms with E-state index in [0.29, 0.717) is 11.5 Å². The third-order valence-corrected chi connectivity index (χ3v) is 3.45. The topological polar surface area (TPSA) is 24.1 Å². The second kappa shape index (κ2) is 5.13. The second-order valence-corrected chi connectivity index (χ2v) is 5.48. The van der Waals surface area contributed by atoms with E-state index in [0.717, 1.165) is 12.6 Å². The highest BCUT2D eigenvalue weighted by Gasteiger charge is 2.21. The molecule has 0 aromatic heterocycles. The van der Waals surface area contributed by atoms with Gasteiger partial charge >= 0.3 is 0 Å². The summed E-state index contributed by atoms with van der Waals surface area (Å²) in [5, 5.41) is 7.19. The van der Waals surface area contributed by atoms with Crippen molar-refractivity contribution in [2.45, 2.75) is 59.0 Å². The Bertz CT molecular complexity index is 166. The maximum Gasteiger partial charge on any atom is 0.00940 e. The lowest BCUT2D eigenvalue weighted by Gasteiger charge is -2.32. The molecule has 14 heavy (non-hydrogen) atoms. The van der Waals surface area contributed by atoms with Gasteiger partial charge in [0.2, 0.25) is 0 Å². The highest BCUT2D eigenvalue weighted by molar-refractivity contribution is 4.82. The van der Waals surface area contributed by atoms with Crippen molar-refractivity contribution in [3.8, 4) is 0 Å². The minimum absolute atomic E-state index is 0.452. The number of hydrogen-bond donors (Lipinski definition) is 2. The van der Waals surface area contributed by atoms with E-state index in [2.05, 4.69) is 38.3 Å². The molecule has 0 bridgehead atoms. The summed E-state index contributed by atoms with van der Waals surface area (Å²) >= 11 is 0. The van der Waals surface area contributed by atoms with E-state index in [1.165, 1.54) is 25.8 Å². The Morgan fingerprint density at radius 2 is 2.14 bits per heavy atom. The number of nitrogens with one attached hydrogen (secondary N) is 2. The largest absolute Gasteiger partial charge is 0.314 e. The molecule has 1 aliphatic heterocycles. The summed E-state index contributed by atoms with van der Waals surface area (Å²) in [4.78, 5) is 0. The molecular formula is C12H26N2. The van der Waals surface area contributed by atoms with Gasteiger partial charge in [0.1, 0.15) is 0 Å². The van der Waals surface area contributed by atoms with Crippen LogP contribution in [0.15, 0.2) is 0 Å². The van der Waals surface area contributed by atoms with Crippen molar-refractivity contribution in [3.05, 3.63) is 0 Å². The van der Waals surface area contributed by atoms with Crippen molar-refractivity contribution in [3.63, 3.8) is 0 Å². The highest BCUT2D eigenvalue weighted by Crippen LogP contribution is 2.19. The zero-order chi connectivity index (χ0) is 10.6. The van der Waals surface area contributed by atoms with Crippen LogP contribution in [0.3, 0.4) is 0 Å². The van der Waals surface area contributed by atoms with Gasteiger partial charge in [0.15, 0.2) is 0 Å². The van der Waals surface area contributed by atoms with Gasteiger partial charge in [-0.05, 0) is 38.1 Å². The van der Waals surface area contributed by atoms with Crippen LogP contribution in [-0.2, 0) is 0 Å². The van der Waals surface area contributed by atoms with E-state index in [4.69, 9.17) is 0 Å². The van der Waals surface area contributed by atoms with Crippen LogP contribution < -0.4 is 10.6 Å². The van der Waals surface area contributed by atoms with Gasteiger partial charge in [-0.25, -0.2) is 0 Å². The molecule has 1 fully saturated rings. The predicted molar refractivity (Wildman–Crippen MR) is 62.6 cm³/mol. The van der Waals surface area contributed by atoms with Gasteiger partial charge in [0.05, 0.1) is 0 Å². The molecule has 2 N–H and O–H groups in total. The molecule has 0 spiro atoms. The third kappa shape index (κ3) is 3.97. The van der Waals surface area contributed by atoms with Crippen molar-refractivity contribution in [1.82, 2.24) is 10.6 Å². The molecule has 0 amide bonds. The Balaban J connectivity index is 2.23. The quantitative estimate of drug-likeness (QED) is 0.723. The van der Waals surface area contributed by atoms with E-state index in [1.54, 1.807) is 0 Å². The molecule has 1 saturated heterocycles. The fourth-order valence-corrected chi connectivity index (χ4v) is 1.86. The molecule has 1 aliphatic rings. The molecule has 2 atom stereocenters. The SMILES string of the molecule is CCC(C)(C)CNC1CCNC(C)C1. The highest BCUT2D eigenvalue weighted by atomic mass is 15.0. The van der Waals surface area contributed by atoms with Crippen LogP contribution in [0, 0.1) is 5.41 Å². The number of piperidine rings is 1. The van der Waals surface area contributed by atoms with Crippen molar-refractivity contribution < 1.29 is 0 Å². The molecular weight excluding hydrogens is 172 g/mol. The number of rotatable bonds is 4. The Hall–Kier alpha value is -0.0800. The average molecular weight is 198 g/mol. The standard InChI is InChI=1S/C12H26N2/c1-5-12(3,4)9-14-11-6-7-13-10(2)8-11/h10-11,13-14H,5-9H2,1-4H3. The lowest BCUT2D eigenvalue weighted by atomic mass is 9.89.